The van der Waals surface area contributed by atoms with Crippen molar-refractivity contribution >= 4 is 33.8 Å². The summed E-state index contributed by atoms with van der Waals surface area (Å²) in [7, 11) is 1.74. The van der Waals surface area contributed by atoms with Gasteiger partial charge < -0.3 is 4.98 Å². The summed E-state index contributed by atoms with van der Waals surface area (Å²) in [5, 5.41) is 0.869. The SMILES string of the molecule is Cn1c(=S)[nH]c2sc3c(c2c1=O)CCC(C(C)(C)C)C3. The maximum atomic E-state index is 12.4. The number of rotatable bonds is 0. The Labute approximate surface area is 127 Å². The second kappa shape index (κ2) is 4.53. The van der Waals surface area contributed by atoms with Gasteiger partial charge in [-0.05, 0) is 48.4 Å². The lowest BCUT2D eigenvalue weighted by molar-refractivity contribution is 0.218. The van der Waals surface area contributed by atoms with Gasteiger partial charge >= 0.3 is 0 Å². The molecule has 0 radical (unpaired) electrons. The second-order valence-electron chi connectivity index (χ2n) is 6.81. The number of H-pyrrole nitrogens is 1. The van der Waals surface area contributed by atoms with Gasteiger partial charge in [-0.15, -0.1) is 11.3 Å². The number of aromatic nitrogens is 2. The molecule has 3 rings (SSSR count). The minimum atomic E-state index is 0.0514. The first-order chi connectivity index (χ1) is 9.29. The van der Waals surface area contributed by atoms with Crippen molar-refractivity contribution in [3.63, 3.8) is 0 Å². The van der Waals surface area contributed by atoms with Crippen molar-refractivity contribution in [1.29, 1.82) is 0 Å². The largest absolute Gasteiger partial charge is 0.323 e. The Morgan fingerprint density at radius 2 is 2.10 bits per heavy atom. The molecule has 0 amide bonds. The van der Waals surface area contributed by atoms with Crippen molar-refractivity contribution < 1.29 is 0 Å². The third kappa shape index (κ3) is 2.07. The normalized spacial score (nSPS) is 19.3. The summed E-state index contributed by atoms with van der Waals surface area (Å²) in [5.74, 6) is 0.690. The first-order valence-corrected chi connectivity index (χ1v) is 8.25. The molecule has 1 atom stereocenters. The topological polar surface area (TPSA) is 37.8 Å². The average Bonchev–Trinajstić information content (AvgIpc) is 2.71. The molecule has 108 valence electrons. The molecule has 3 nitrogen and oxygen atoms in total. The molecule has 1 unspecified atom stereocenters. The number of nitrogens with zero attached hydrogens (tertiary/aromatic N) is 1. The van der Waals surface area contributed by atoms with E-state index in [1.165, 1.54) is 16.9 Å². The van der Waals surface area contributed by atoms with Gasteiger partial charge in [-0.25, -0.2) is 0 Å². The molecule has 5 heteroatoms. The molecule has 20 heavy (non-hydrogen) atoms. The number of nitrogens with one attached hydrogen (secondary N) is 1. The molecule has 1 aliphatic carbocycles. The first kappa shape index (κ1) is 14.0. The summed E-state index contributed by atoms with van der Waals surface area (Å²) in [6, 6.07) is 0. The predicted octanol–water partition coefficient (Wildman–Crippen LogP) is 3.81. The van der Waals surface area contributed by atoms with Gasteiger partial charge in [0.25, 0.3) is 5.56 Å². The van der Waals surface area contributed by atoms with Gasteiger partial charge in [-0.2, -0.15) is 0 Å². The van der Waals surface area contributed by atoms with Gasteiger partial charge in [0.1, 0.15) is 4.83 Å². The Morgan fingerprint density at radius 3 is 2.75 bits per heavy atom. The zero-order valence-corrected chi connectivity index (χ0v) is 14.0. The third-order valence-electron chi connectivity index (χ3n) is 4.53. The van der Waals surface area contributed by atoms with Crippen LogP contribution in [0, 0.1) is 16.1 Å². The molecule has 0 saturated heterocycles. The Hall–Kier alpha value is -0.940. The Bertz CT molecular complexity index is 789. The van der Waals surface area contributed by atoms with Gasteiger partial charge in [-0.1, -0.05) is 20.8 Å². The van der Waals surface area contributed by atoms with E-state index >= 15 is 0 Å². The molecule has 0 bridgehead atoms. The van der Waals surface area contributed by atoms with E-state index in [1.807, 2.05) is 0 Å². The summed E-state index contributed by atoms with van der Waals surface area (Å²) in [6.07, 6.45) is 3.26. The van der Waals surface area contributed by atoms with Crippen LogP contribution in [0.1, 0.15) is 37.6 Å². The summed E-state index contributed by atoms with van der Waals surface area (Å²) < 4.78 is 2.05. The van der Waals surface area contributed by atoms with Crippen LogP contribution in [0.3, 0.4) is 0 Å². The monoisotopic (exact) mass is 308 g/mol. The molecule has 0 fully saturated rings. The highest BCUT2D eigenvalue weighted by atomic mass is 32.1. The van der Waals surface area contributed by atoms with Crippen molar-refractivity contribution in [3.05, 3.63) is 25.6 Å². The van der Waals surface area contributed by atoms with Crippen LogP contribution in [0.25, 0.3) is 10.2 Å². The number of thiophene rings is 1. The first-order valence-electron chi connectivity index (χ1n) is 7.02. The van der Waals surface area contributed by atoms with Crippen LogP contribution in [0.5, 0.6) is 0 Å². The fourth-order valence-corrected chi connectivity index (χ4v) is 4.65. The van der Waals surface area contributed by atoms with E-state index in [0.29, 0.717) is 16.1 Å². The fourth-order valence-electron chi connectivity index (χ4n) is 3.08. The smallest absolute Gasteiger partial charge is 0.263 e. The van der Waals surface area contributed by atoms with Crippen molar-refractivity contribution in [2.24, 2.45) is 18.4 Å². The fraction of sp³-hybridized carbons (Fsp3) is 0.600. The summed E-state index contributed by atoms with van der Waals surface area (Å²) in [5.41, 5.74) is 1.64. The standard InChI is InChI=1S/C15H20N2OS2/c1-15(2,3)8-5-6-9-10(7-8)20-12-11(9)13(18)17(4)14(19)16-12/h8H,5-7H2,1-4H3,(H,16,19). The van der Waals surface area contributed by atoms with Crippen LogP contribution in [0.4, 0.5) is 0 Å². The van der Waals surface area contributed by atoms with E-state index in [-0.39, 0.29) is 5.56 Å². The molecule has 1 N–H and O–H groups in total. The van der Waals surface area contributed by atoms with E-state index < -0.39 is 0 Å². The summed E-state index contributed by atoms with van der Waals surface area (Å²) >= 11 is 6.93. The second-order valence-corrected chi connectivity index (χ2v) is 8.30. The average molecular weight is 308 g/mol. The predicted molar refractivity (Wildman–Crippen MR) is 87.2 cm³/mol. The van der Waals surface area contributed by atoms with Gasteiger partial charge in [0.2, 0.25) is 0 Å². The summed E-state index contributed by atoms with van der Waals surface area (Å²) in [6.45, 7) is 6.92. The third-order valence-corrected chi connectivity index (χ3v) is 6.08. The molecule has 0 spiro atoms. The van der Waals surface area contributed by atoms with Crippen molar-refractivity contribution in [2.75, 3.05) is 0 Å². The molecule has 0 aliphatic heterocycles. The van der Waals surface area contributed by atoms with Crippen LogP contribution < -0.4 is 5.56 Å². The number of fused-ring (bicyclic) bond motifs is 3. The van der Waals surface area contributed by atoms with Crippen LogP contribution in [0.2, 0.25) is 0 Å². The Balaban J connectivity index is 2.20. The number of hydrogen-bond acceptors (Lipinski definition) is 3. The molecule has 0 saturated carbocycles. The quantitative estimate of drug-likeness (QED) is 0.752. The van der Waals surface area contributed by atoms with Crippen molar-refractivity contribution in [3.8, 4) is 0 Å². The molecule has 0 aromatic carbocycles. The Kier molecular flexibility index (Phi) is 3.18. The lowest BCUT2D eigenvalue weighted by Gasteiger charge is -2.33. The summed E-state index contributed by atoms with van der Waals surface area (Å²) in [4.78, 5) is 18.0. The lowest BCUT2D eigenvalue weighted by atomic mass is 9.72. The Morgan fingerprint density at radius 1 is 1.40 bits per heavy atom. The molecule has 1 aliphatic rings. The number of aromatic amines is 1. The van der Waals surface area contributed by atoms with Gasteiger partial charge in [-0.3, -0.25) is 9.36 Å². The van der Waals surface area contributed by atoms with Crippen LogP contribution in [-0.2, 0) is 19.9 Å². The maximum absolute atomic E-state index is 12.4. The minimum absolute atomic E-state index is 0.0514. The number of aryl methyl sites for hydroxylation is 1. The molecular formula is C15H20N2OS2. The van der Waals surface area contributed by atoms with Crippen LogP contribution in [0.15, 0.2) is 4.79 Å². The zero-order chi connectivity index (χ0) is 14.7. The highest BCUT2D eigenvalue weighted by Crippen LogP contribution is 2.41. The number of hydrogen-bond donors (Lipinski definition) is 1. The van der Waals surface area contributed by atoms with Crippen LogP contribution >= 0.6 is 23.6 Å². The van der Waals surface area contributed by atoms with E-state index in [2.05, 4.69) is 25.8 Å². The van der Waals surface area contributed by atoms with E-state index in [9.17, 15) is 4.79 Å². The maximum Gasteiger partial charge on any atom is 0.263 e. The van der Waals surface area contributed by atoms with E-state index in [4.69, 9.17) is 12.2 Å². The molecule has 2 aromatic rings. The minimum Gasteiger partial charge on any atom is -0.323 e. The van der Waals surface area contributed by atoms with Crippen molar-refractivity contribution in [1.82, 2.24) is 9.55 Å². The molecule has 2 heterocycles. The van der Waals surface area contributed by atoms with E-state index in [0.717, 1.165) is 23.1 Å². The van der Waals surface area contributed by atoms with Crippen LogP contribution in [-0.4, -0.2) is 9.55 Å². The lowest BCUT2D eigenvalue weighted by Crippen LogP contribution is -2.26. The van der Waals surface area contributed by atoms with E-state index in [1.54, 1.807) is 23.0 Å². The molecule has 2 aromatic heterocycles. The van der Waals surface area contributed by atoms with Gasteiger partial charge in [0.05, 0.1) is 5.39 Å². The highest BCUT2D eigenvalue weighted by Gasteiger charge is 2.31. The van der Waals surface area contributed by atoms with Crippen molar-refractivity contribution in [2.45, 2.75) is 40.0 Å². The molecular weight excluding hydrogens is 288 g/mol. The van der Waals surface area contributed by atoms with Gasteiger partial charge in [0.15, 0.2) is 4.77 Å². The highest BCUT2D eigenvalue weighted by molar-refractivity contribution is 7.71. The zero-order valence-electron chi connectivity index (χ0n) is 12.4. The van der Waals surface area contributed by atoms with Gasteiger partial charge in [0, 0.05) is 11.9 Å².